The van der Waals surface area contributed by atoms with Crippen LogP contribution in [0, 0.1) is 0 Å². The first kappa shape index (κ1) is 14.3. The fourth-order valence-corrected chi connectivity index (χ4v) is 2.30. The first-order chi connectivity index (χ1) is 10.8. The van der Waals surface area contributed by atoms with E-state index in [-0.39, 0.29) is 0 Å². The predicted octanol–water partition coefficient (Wildman–Crippen LogP) is 5.27. The van der Waals surface area contributed by atoms with Gasteiger partial charge in [-0.1, -0.05) is 60.7 Å². The number of hydrogen-bond acceptors (Lipinski definition) is 2. The molecule has 0 aliphatic carbocycles. The SMILES string of the molecule is S=C(Nc1ccccc1)c1cccc(Oc2ccccc2)c1. The summed E-state index contributed by atoms with van der Waals surface area (Å²) in [5.41, 5.74) is 1.90. The van der Waals surface area contributed by atoms with Gasteiger partial charge in [0.1, 0.15) is 16.5 Å². The summed E-state index contributed by atoms with van der Waals surface area (Å²) < 4.78 is 5.83. The second-order valence-corrected chi connectivity index (χ2v) is 5.17. The van der Waals surface area contributed by atoms with Crippen LogP contribution in [-0.4, -0.2) is 4.99 Å². The molecule has 0 saturated carbocycles. The molecular weight excluding hydrogens is 290 g/mol. The number of anilines is 1. The lowest BCUT2D eigenvalue weighted by atomic mass is 10.2. The summed E-state index contributed by atoms with van der Waals surface area (Å²) in [6, 6.07) is 27.3. The number of nitrogens with one attached hydrogen (secondary N) is 1. The van der Waals surface area contributed by atoms with Crippen molar-refractivity contribution in [1.29, 1.82) is 0 Å². The van der Waals surface area contributed by atoms with Gasteiger partial charge >= 0.3 is 0 Å². The number of rotatable bonds is 4. The van der Waals surface area contributed by atoms with Crippen LogP contribution < -0.4 is 10.1 Å². The smallest absolute Gasteiger partial charge is 0.128 e. The molecule has 0 radical (unpaired) electrons. The van der Waals surface area contributed by atoms with E-state index in [4.69, 9.17) is 17.0 Å². The molecule has 3 heteroatoms. The molecule has 3 rings (SSSR count). The Labute approximate surface area is 135 Å². The second-order valence-electron chi connectivity index (χ2n) is 4.76. The highest BCUT2D eigenvalue weighted by Gasteiger charge is 2.04. The maximum absolute atomic E-state index is 5.83. The molecule has 0 fully saturated rings. The maximum Gasteiger partial charge on any atom is 0.128 e. The average molecular weight is 305 g/mol. The monoisotopic (exact) mass is 305 g/mol. The largest absolute Gasteiger partial charge is 0.457 e. The van der Waals surface area contributed by atoms with Crippen LogP contribution in [0.15, 0.2) is 84.9 Å². The van der Waals surface area contributed by atoms with Crippen LogP contribution in [0.4, 0.5) is 5.69 Å². The predicted molar refractivity (Wildman–Crippen MR) is 94.7 cm³/mol. The van der Waals surface area contributed by atoms with E-state index in [0.29, 0.717) is 4.99 Å². The highest BCUT2D eigenvalue weighted by Crippen LogP contribution is 2.22. The van der Waals surface area contributed by atoms with E-state index in [0.717, 1.165) is 22.7 Å². The van der Waals surface area contributed by atoms with Crippen molar-refractivity contribution in [3.8, 4) is 11.5 Å². The summed E-state index contributed by atoms with van der Waals surface area (Å²) in [5, 5.41) is 3.23. The van der Waals surface area contributed by atoms with Gasteiger partial charge in [-0.3, -0.25) is 0 Å². The normalized spacial score (nSPS) is 10.0. The van der Waals surface area contributed by atoms with Crippen LogP contribution in [0.25, 0.3) is 0 Å². The lowest BCUT2D eigenvalue weighted by Gasteiger charge is -2.10. The van der Waals surface area contributed by atoms with Gasteiger partial charge < -0.3 is 10.1 Å². The zero-order valence-electron chi connectivity index (χ0n) is 11.9. The van der Waals surface area contributed by atoms with Gasteiger partial charge in [-0.2, -0.15) is 0 Å². The zero-order valence-corrected chi connectivity index (χ0v) is 12.7. The zero-order chi connectivity index (χ0) is 15.2. The first-order valence-electron chi connectivity index (χ1n) is 7.01. The van der Waals surface area contributed by atoms with Crippen molar-refractivity contribution < 1.29 is 4.74 Å². The van der Waals surface area contributed by atoms with Gasteiger partial charge in [0.2, 0.25) is 0 Å². The highest BCUT2D eigenvalue weighted by atomic mass is 32.1. The summed E-state index contributed by atoms with van der Waals surface area (Å²) >= 11 is 5.46. The number of hydrogen-bond donors (Lipinski definition) is 1. The Hall–Kier alpha value is -2.65. The van der Waals surface area contributed by atoms with E-state index in [1.807, 2.05) is 84.9 Å². The van der Waals surface area contributed by atoms with Crippen molar-refractivity contribution in [2.75, 3.05) is 5.32 Å². The molecule has 0 saturated heterocycles. The summed E-state index contributed by atoms with van der Waals surface area (Å²) in [5.74, 6) is 1.57. The molecule has 108 valence electrons. The first-order valence-corrected chi connectivity index (χ1v) is 7.41. The lowest BCUT2D eigenvalue weighted by molar-refractivity contribution is 0.482. The Balaban J connectivity index is 1.75. The summed E-state index contributed by atoms with van der Waals surface area (Å²) in [6.07, 6.45) is 0. The van der Waals surface area contributed by atoms with Crippen LogP contribution in [0.1, 0.15) is 5.56 Å². The van der Waals surface area contributed by atoms with Crippen LogP contribution in [0.5, 0.6) is 11.5 Å². The topological polar surface area (TPSA) is 21.3 Å². The Morgan fingerprint density at radius 3 is 2.09 bits per heavy atom. The van der Waals surface area contributed by atoms with Gasteiger partial charge in [-0.25, -0.2) is 0 Å². The van der Waals surface area contributed by atoms with Gasteiger partial charge in [0.05, 0.1) is 0 Å². The van der Waals surface area contributed by atoms with Crippen molar-refractivity contribution in [3.05, 3.63) is 90.5 Å². The fourth-order valence-electron chi connectivity index (χ4n) is 2.05. The lowest BCUT2D eigenvalue weighted by Crippen LogP contribution is -2.10. The molecule has 0 spiro atoms. The quantitative estimate of drug-likeness (QED) is 0.664. The highest BCUT2D eigenvalue weighted by molar-refractivity contribution is 7.81. The number of ether oxygens (including phenoxy) is 1. The molecule has 0 aromatic heterocycles. The van der Waals surface area contributed by atoms with E-state index in [9.17, 15) is 0 Å². The van der Waals surface area contributed by atoms with Crippen molar-refractivity contribution in [2.24, 2.45) is 0 Å². The minimum Gasteiger partial charge on any atom is -0.457 e. The number of benzene rings is 3. The minimum absolute atomic E-state index is 0.671. The van der Waals surface area contributed by atoms with Crippen molar-refractivity contribution in [2.45, 2.75) is 0 Å². The summed E-state index contributed by atoms with van der Waals surface area (Å²) in [6.45, 7) is 0. The van der Waals surface area contributed by atoms with Gasteiger partial charge in [0.15, 0.2) is 0 Å². The number of para-hydroxylation sites is 2. The van der Waals surface area contributed by atoms with Gasteiger partial charge in [0, 0.05) is 11.3 Å². The third-order valence-corrected chi connectivity index (χ3v) is 3.44. The standard InChI is InChI=1S/C19H15NOS/c22-19(20-16-9-3-1-4-10-16)15-8-7-13-18(14-15)21-17-11-5-2-6-12-17/h1-14H,(H,20,22). The molecule has 3 aromatic carbocycles. The van der Waals surface area contributed by atoms with Crippen molar-refractivity contribution in [3.63, 3.8) is 0 Å². The Kier molecular flexibility index (Phi) is 4.47. The van der Waals surface area contributed by atoms with Crippen LogP contribution >= 0.6 is 12.2 Å². The van der Waals surface area contributed by atoms with E-state index in [1.165, 1.54) is 0 Å². The Morgan fingerprint density at radius 2 is 1.36 bits per heavy atom. The molecule has 0 heterocycles. The van der Waals surface area contributed by atoms with Crippen molar-refractivity contribution in [1.82, 2.24) is 0 Å². The van der Waals surface area contributed by atoms with Gasteiger partial charge in [-0.15, -0.1) is 0 Å². The third-order valence-electron chi connectivity index (χ3n) is 3.11. The van der Waals surface area contributed by atoms with Gasteiger partial charge in [-0.05, 0) is 36.4 Å². The summed E-state index contributed by atoms with van der Waals surface area (Å²) in [7, 11) is 0. The fraction of sp³-hybridized carbons (Fsp3) is 0. The molecule has 1 N–H and O–H groups in total. The molecule has 0 atom stereocenters. The second kappa shape index (κ2) is 6.87. The molecule has 2 nitrogen and oxygen atoms in total. The molecule has 0 aliphatic heterocycles. The molecule has 22 heavy (non-hydrogen) atoms. The average Bonchev–Trinajstić information content (AvgIpc) is 2.57. The summed E-state index contributed by atoms with van der Waals surface area (Å²) in [4.78, 5) is 0.671. The van der Waals surface area contributed by atoms with E-state index in [1.54, 1.807) is 0 Å². The minimum atomic E-state index is 0.671. The van der Waals surface area contributed by atoms with E-state index < -0.39 is 0 Å². The van der Waals surface area contributed by atoms with E-state index in [2.05, 4.69) is 5.32 Å². The molecule has 3 aromatic rings. The number of thiocarbonyl (C=S) groups is 1. The van der Waals surface area contributed by atoms with Crippen LogP contribution in [0.2, 0.25) is 0 Å². The third kappa shape index (κ3) is 3.71. The molecule has 0 aliphatic rings. The molecule has 0 bridgehead atoms. The van der Waals surface area contributed by atoms with Crippen molar-refractivity contribution >= 4 is 22.9 Å². The Morgan fingerprint density at radius 1 is 0.727 bits per heavy atom. The molecular formula is C19H15NOS. The maximum atomic E-state index is 5.83. The van der Waals surface area contributed by atoms with E-state index >= 15 is 0 Å². The Bertz CT molecular complexity index is 757. The van der Waals surface area contributed by atoms with Crippen LogP contribution in [0.3, 0.4) is 0 Å². The molecule has 0 amide bonds. The van der Waals surface area contributed by atoms with Gasteiger partial charge in [0.25, 0.3) is 0 Å². The van der Waals surface area contributed by atoms with Crippen LogP contribution in [-0.2, 0) is 0 Å². The molecule has 0 unspecified atom stereocenters.